The van der Waals surface area contributed by atoms with Crippen LogP contribution in [0.25, 0.3) is 0 Å². The summed E-state index contributed by atoms with van der Waals surface area (Å²) in [5.74, 6) is 0. The molecule has 1 atom stereocenters. The summed E-state index contributed by atoms with van der Waals surface area (Å²) in [6.07, 6.45) is -3.06. The van der Waals surface area contributed by atoms with Crippen LogP contribution in [0.4, 0.5) is 13.2 Å². The van der Waals surface area contributed by atoms with E-state index in [0.29, 0.717) is 12.6 Å². The van der Waals surface area contributed by atoms with Gasteiger partial charge in [0.05, 0.1) is 5.56 Å². The van der Waals surface area contributed by atoms with Gasteiger partial charge in [-0.25, -0.2) is 0 Å². The highest BCUT2D eigenvalue weighted by atomic mass is 19.4. The van der Waals surface area contributed by atoms with Gasteiger partial charge >= 0.3 is 6.18 Å². The summed E-state index contributed by atoms with van der Waals surface area (Å²) in [6.45, 7) is 6.61. The fourth-order valence-corrected chi connectivity index (χ4v) is 3.34. The summed E-state index contributed by atoms with van der Waals surface area (Å²) < 4.78 is 38.2. The van der Waals surface area contributed by atoms with E-state index in [9.17, 15) is 13.2 Å². The van der Waals surface area contributed by atoms with E-state index in [1.807, 2.05) is 0 Å². The van der Waals surface area contributed by atoms with Gasteiger partial charge in [-0.15, -0.1) is 0 Å². The maximum Gasteiger partial charge on any atom is 0.416 e. The van der Waals surface area contributed by atoms with Gasteiger partial charge in [0.2, 0.25) is 0 Å². The zero-order valence-electron chi connectivity index (χ0n) is 12.6. The van der Waals surface area contributed by atoms with E-state index >= 15 is 0 Å². The lowest BCUT2D eigenvalue weighted by molar-refractivity contribution is -0.137. The number of piperazine rings is 1. The smallest absolute Gasteiger partial charge is 0.315 e. The second kappa shape index (κ2) is 6.56. The Balaban J connectivity index is 1.54. The predicted molar refractivity (Wildman–Crippen MR) is 79.6 cm³/mol. The average Bonchev–Trinajstić information content (AvgIpc) is 3.02. The lowest BCUT2D eigenvalue weighted by Gasteiger charge is -2.37. The largest absolute Gasteiger partial charge is 0.416 e. The molecule has 1 unspecified atom stereocenters. The van der Waals surface area contributed by atoms with Gasteiger partial charge in [0.15, 0.2) is 0 Å². The first-order chi connectivity index (χ1) is 10.5. The van der Waals surface area contributed by atoms with Gasteiger partial charge in [-0.05, 0) is 24.6 Å². The minimum Gasteiger partial charge on any atom is -0.315 e. The molecule has 2 heterocycles. The third-order valence-corrected chi connectivity index (χ3v) is 4.62. The van der Waals surface area contributed by atoms with Crippen molar-refractivity contribution in [1.82, 2.24) is 15.1 Å². The van der Waals surface area contributed by atoms with Crippen LogP contribution < -0.4 is 5.32 Å². The van der Waals surface area contributed by atoms with Gasteiger partial charge < -0.3 is 5.32 Å². The molecule has 2 aliphatic rings. The van der Waals surface area contributed by atoms with E-state index in [1.165, 1.54) is 18.6 Å². The number of nitrogens with one attached hydrogen (secondary N) is 1. The molecule has 2 aliphatic heterocycles. The van der Waals surface area contributed by atoms with Crippen molar-refractivity contribution in [2.24, 2.45) is 0 Å². The van der Waals surface area contributed by atoms with Gasteiger partial charge in [-0.1, -0.05) is 18.2 Å². The molecule has 1 aromatic carbocycles. The van der Waals surface area contributed by atoms with Crippen molar-refractivity contribution in [3.63, 3.8) is 0 Å². The lowest BCUT2D eigenvalue weighted by Crippen LogP contribution is -2.50. The van der Waals surface area contributed by atoms with E-state index < -0.39 is 11.7 Å². The zero-order chi connectivity index (χ0) is 15.6. The molecule has 3 nitrogen and oxygen atoms in total. The molecule has 1 aromatic rings. The van der Waals surface area contributed by atoms with Crippen LogP contribution in [-0.4, -0.2) is 55.1 Å². The first-order valence-corrected chi connectivity index (χ1v) is 7.85. The fourth-order valence-electron chi connectivity index (χ4n) is 3.34. The van der Waals surface area contributed by atoms with Crippen LogP contribution in [-0.2, 0) is 12.7 Å². The van der Waals surface area contributed by atoms with Crippen molar-refractivity contribution in [3.05, 3.63) is 35.4 Å². The van der Waals surface area contributed by atoms with E-state index in [0.717, 1.165) is 50.9 Å². The summed E-state index contributed by atoms with van der Waals surface area (Å²) in [4.78, 5) is 4.75. The van der Waals surface area contributed by atoms with Crippen LogP contribution in [0.15, 0.2) is 24.3 Å². The third-order valence-electron chi connectivity index (χ3n) is 4.62. The quantitative estimate of drug-likeness (QED) is 0.923. The molecule has 0 aromatic heterocycles. The van der Waals surface area contributed by atoms with Crippen molar-refractivity contribution in [1.29, 1.82) is 0 Å². The monoisotopic (exact) mass is 313 g/mol. The molecule has 0 aliphatic carbocycles. The first-order valence-electron chi connectivity index (χ1n) is 7.85. The Kier molecular flexibility index (Phi) is 4.70. The summed E-state index contributed by atoms with van der Waals surface area (Å²) >= 11 is 0. The zero-order valence-corrected chi connectivity index (χ0v) is 12.6. The first kappa shape index (κ1) is 15.8. The number of benzene rings is 1. The Labute approximate surface area is 129 Å². The number of rotatable bonds is 3. The lowest BCUT2D eigenvalue weighted by atomic mass is 10.1. The Morgan fingerprint density at radius 3 is 2.55 bits per heavy atom. The van der Waals surface area contributed by atoms with Crippen LogP contribution in [0.2, 0.25) is 0 Å². The van der Waals surface area contributed by atoms with Crippen LogP contribution in [0.3, 0.4) is 0 Å². The normalized spacial score (nSPS) is 24.8. The minimum absolute atomic E-state index is 0.555. The summed E-state index contributed by atoms with van der Waals surface area (Å²) in [5, 5.41) is 3.38. The highest BCUT2D eigenvalue weighted by molar-refractivity contribution is 5.25. The second-order valence-electron chi connectivity index (χ2n) is 6.16. The molecule has 0 bridgehead atoms. The van der Waals surface area contributed by atoms with Crippen LogP contribution >= 0.6 is 0 Å². The van der Waals surface area contributed by atoms with E-state index in [4.69, 9.17) is 0 Å². The molecule has 0 saturated carbocycles. The van der Waals surface area contributed by atoms with Crippen LogP contribution in [0, 0.1) is 0 Å². The van der Waals surface area contributed by atoms with Crippen molar-refractivity contribution < 1.29 is 13.2 Å². The minimum atomic E-state index is -4.26. The second-order valence-corrected chi connectivity index (χ2v) is 6.16. The Morgan fingerprint density at radius 1 is 1.14 bits per heavy atom. The van der Waals surface area contributed by atoms with Gasteiger partial charge in [-0.2, -0.15) is 13.2 Å². The molecule has 1 N–H and O–H groups in total. The Morgan fingerprint density at radius 2 is 1.91 bits per heavy atom. The molecule has 122 valence electrons. The molecule has 3 rings (SSSR count). The number of alkyl halides is 3. The van der Waals surface area contributed by atoms with Crippen LogP contribution in [0.5, 0.6) is 0 Å². The van der Waals surface area contributed by atoms with E-state index in [-0.39, 0.29) is 0 Å². The molecule has 0 radical (unpaired) electrons. The molecular formula is C16H22F3N3. The predicted octanol–water partition coefficient (Wildman–Crippen LogP) is 2.18. The Bertz CT molecular complexity index is 490. The molecule has 2 saturated heterocycles. The fraction of sp³-hybridized carbons (Fsp3) is 0.625. The van der Waals surface area contributed by atoms with Gasteiger partial charge in [0, 0.05) is 45.3 Å². The maximum absolute atomic E-state index is 12.7. The molecule has 22 heavy (non-hydrogen) atoms. The van der Waals surface area contributed by atoms with Gasteiger partial charge in [-0.3, -0.25) is 9.80 Å². The average molecular weight is 313 g/mol. The van der Waals surface area contributed by atoms with Crippen LogP contribution in [0.1, 0.15) is 17.5 Å². The number of hydrogen-bond donors (Lipinski definition) is 1. The van der Waals surface area contributed by atoms with E-state index in [2.05, 4.69) is 15.1 Å². The Hall–Kier alpha value is -1.11. The van der Waals surface area contributed by atoms with Gasteiger partial charge in [0.25, 0.3) is 0 Å². The standard InChI is InChI=1S/C16H22F3N3/c17-16(18,19)14-3-1-2-13(10-14)12-21-6-8-22(9-7-21)15-4-5-20-11-15/h1-3,10,15,20H,4-9,11-12H2. The summed E-state index contributed by atoms with van der Waals surface area (Å²) in [7, 11) is 0. The van der Waals surface area contributed by atoms with E-state index in [1.54, 1.807) is 6.07 Å². The van der Waals surface area contributed by atoms with Crippen molar-refractivity contribution in [2.75, 3.05) is 39.3 Å². The van der Waals surface area contributed by atoms with Crippen molar-refractivity contribution >= 4 is 0 Å². The molecule has 0 spiro atoms. The summed E-state index contributed by atoms with van der Waals surface area (Å²) in [6, 6.07) is 6.32. The number of hydrogen-bond acceptors (Lipinski definition) is 3. The highest BCUT2D eigenvalue weighted by Gasteiger charge is 2.31. The maximum atomic E-state index is 12.7. The van der Waals surface area contributed by atoms with Gasteiger partial charge in [0.1, 0.15) is 0 Å². The SMILES string of the molecule is FC(F)(F)c1cccc(CN2CCN(C3CCNC3)CC2)c1. The van der Waals surface area contributed by atoms with Crippen molar-refractivity contribution in [2.45, 2.75) is 25.2 Å². The number of nitrogens with zero attached hydrogens (tertiary/aromatic N) is 2. The topological polar surface area (TPSA) is 18.5 Å². The molecular weight excluding hydrogens is 291 g/mol. The van der Waals surface area contributed by atoms with Crippen molar-refractivity contribution in [3.8, 4) is 0 Å². The highest BCUT2D eigenvalue weighted by Crippen LogP contribution is 2.29. The number of halogens is 3. The molecule has 0 amide bonds. The summed E-state index contributed by atoms with van der Waals surface area (Å²) in [5.41, 5.74) is 0.187. The molecule has 6 heteroatoms. The third kappa shape index (κ3) is 3.80. The molecule has 2 fully saturated rings.